The molecule has 180 valence electrons. The third-order valence-electron chi connectivity index (χ3n) is 5.07. The Morgan fingerprint density at radius 2 is 1.91 bits per heavy atom. The molecule has 1 aliphatic heterocycles. The fourth-order valence-electron chi connectivity index (χ4n) is 3.29. The molecule has 6 nitrogen and oxygen atoms in total. The van der Waals surface area contributed by atoms with E-state index in [1.165, 1.54) is 24.3 Å². The van der Waals surface area contributed by atoms with E-state index >= 15 is 0 Å². The second-order valence-electron chi connectivity index (χ2n) is 9.52. The molecule has 3 rings (SSSR count). The summed E-state index contributed by atoms with van der Waals surface area (Å²) >= 11 is 12.1. The van der Waals surface area contributed by atoms with Gasteiger partial charge >= 0.3 is 6.09 Å². The van der Waals surface area contributed by atoms with Crippen LogP contribution in [0.15, 0.2) is 36.4 Å². The molecule has 2 unspecified atom stereocenters. The van der Waals surface area contributed by atoms with Crippen LogP contribution in [0.25, 0.3) is 0 Å². The highest BCUT2D eigenvalue weighted by Crippen LogP contribution is 2.35. The quantitative estimate of drug-likeness (QED) is 0.499. The average molecular weight is 500 g/mol. The number of alkyl carbamates (subject to hydrolysis) is 1. The molecule has 0 radical (unpaired) electrons. The van der Waals surface area contributed by atoms with Gasteiger partial charge in [0.2, 0.25) is 0 Å². The summed E-state index contributed by atoms with van der Waals surface area (Å²) in [6.07, 6.45) is -2.21. The number of ether oxygens (including phenoxy) is 3. The molecule has 2 N–H and O–H groups in total. The normalized spacial score (nSPS) is 17.0. The number of nitrogens with one attached hydrogen (secondary N) is 1. The Balaban J connectivity index is 1.84. The summed E-state index contributed by atoms with van der Waals surface area (Å²) in [7, 11) is 0. The lowest BCUT2D eigenvalue weighted by molar-refractivity contribution is -0.120. The summed E-state index contributed by atoms with van der Waals surface area (Å²) in [4.78, 5) is 12.5. The van der Waals surface area contributed by atoms with Crippen LogP contribution in [0.5, 0.6) is 5.75 Å². The fourth-order valence-corrected chi connectivity index (χ4v) is 3.60. The molecule has 9 heteroatoms. The van der Waals surface area contributed by atoms with Gasteiger partial charge in [0.1, 0.15) is 23.3 Å². The Bertz CT molecular complexity index is 1010. The number of rotatable bonds is 7. The highest BCUT2D eigenvalue weighted by atomic mass is 35.5. The van der Waals surface area contributed by atoms with Gasteiger partial charge in [0.25, 0.3) is 0 Å². The smallest absolute Gasteiger partial charge is 0.408 e. The molecule has 1 amide bonds. The third-order valence-corrected chi connectivity index (χ3v) is 5.81. The number of carbonyl (C=O) groups excluding carboxylic acids is 1. The first-order valence-electron chi connectivity index (χ1n) is 10.5. The molecular formula is C24H28Cl2FNO5. The molecule has 1 saturated heterocycles. The van der Waals surface area contributed by atoms with E-state index in [0.717, 1.165) is 0 Å². The summed E-state index contributed by atoms with van der Waals surface area (Å²) in [6.45, 7) is 8.74. The van der Waals surface area contributed by atoms with Crippen LogP contribution in [0.3, 0.4) is 0 Å². The molecular weight excluding hydrogens is 472 g/mol. The van der Waals surface area contributed by atoms with Gasteiger partial charge in [-0.15, -0.1) is 0 Å². The van der Waals surface area contributed by atoms with Crippen molar-refractivity contribution < 1.29 is 28.5 Å². The molecule has 1 aliphatic rings. The minimum atomic E-state index is -1.44. The molecule has 2 atom stereocenters. The lowest BCUT2D eigenvalue weighted by Crippen LogP contribution is -2.44. The van der Waals surface area contributed by atoms with Crippen LogP contribution in [-0.4, -0.2) is 36.6 Å². The molecule has 1 fully saturated rings. The van der Waals surface area contributed by atoms with Gasteiger partial charge in [-0.2, -0.15) is 0 Å². The predicted molar refractivity (Wildman–Crippen MR) is 124 cm³/mol. The maximum atomic E-state index is 15.0. The molecule has 0 aromatic heterocycles. The zero-order valence-electron chi connectivity index (χ0n) is 19.0. The monoisotopic (exact) mass is 499 g/mol. The third kappa shape index (κ3) is 6.73. The predicted octanol–water partition coefficient (Wildman–Crippen LogP) is 5.85. The van der Waals surface area contributed by atoms with Gasteiger partial charge in [-0.1, -0.05) is 36.2 Å². The molecule has 0 bridgehead atoms. The molecule has 0 spiro atoms. The van der Waals surface area contributed by atoms with E-state index in [1.807, 2.05) is 6.92 Å². The Hall–Kier alpha value is -2.06. The van der Waals surface area contributed by atoms with Gasteiger partial charge in [-0.05, 0) is 50.6 Å². The van der Waals surface area contributed by atoms with Crippen molar-refractivity contribution in [2.75, 3.05) is 19.8 Å². The highest BCUT2D eigenvalue weighted by Gasteiger charge is 2.34. The standard InChI is InChI=1S/C24H28Cl2FNO5/c1-23(2,3)33-22(30)28-20(14-5-8-17(25)18(26)9-14)21(29)16-7-6-15(10-19(16)27)32-13-24(4)11-31-12-24/h5-10,20-21,29H,11-13H2,1-4H3,(H,28,30). The van der Waals surface area contributed by atoms with E-state index in [9.17, 15) is 14.3 Å². The summed E-state index contributed by atoms with van der Waals surface area (Å²) in [6, 6.07) is 7.79. The van der Waals surface area contributed by atoms with E-state index < -0.39 is 29.7 Å². The van der Waals surface area contributed by atoms with Gasteiger partial charge in [-0.25, -0.2) is 9.18 Å². The number of hydrogen-bond acceptors (Lipinski definition) is 5. The van der Waals surface area contributed by atoms with E-state index in [4.69, 9.17) is 37.4 Å². The number of carbonyl (C=O) groups is 1. The van der Waals surface area contributed by atoms with Crippen molar-refractivity contribution in [2.24, 2.45) is 5.41 Å². The summed E-state index contributed by atoms with van der Waals surface area (Å²) < 4.78 is 31.2. The van der Waals surface area contributed by atoms with Crippen LogP contribution in [0, 0.1) is 11.2 Å². The molecule has 2 aromatic rings. The highest BCUT2D eigenvalue weighted by molar-refractivity contribution is 6.42. The van der Waals surface area contributed by atoms with Crippen LogP contribution in [0.2, 0.25) is 10.0 Å². The minimum Gasteiger partial charge on any atom is -0.493 e. The van der Waals surface area contributed by atoms with E-state index in [0.29, 0.717) is 36.2 Å². The van der Waals surface area contributed by atoms with Crippen molar-refractivity contribution in [3.05, 3.63) is 63.4 Å². The fraction of sp³-hybridized carbons (Fsp3) is 0.458. The zero-order chi connectivity index (χ0) is 24.4. The largest absolute Gasteiger partial charge is 0.493 e. The topological polar surface area (TPSA) is 77.0 Å². The Morgan fingerprint density at radius 1 is 1.21 bits per heavy atom. The Morgan fingerprint density at radius 3 is 2.45 bits per heavy atom. The number of hydrogen-bond donors (Lipinski definition) is 2. The number of benzene rings is 2. The number of amides is 1. The average Bonchev–Trinajstić information content (AvgIpc) is 2.69. The first-order valence-corrected chi connectivity index (χ1v) is 11.2. The van der Waals surface area contributed by atoms with Crippen molar-refractivity contribution >= 4 is 29.3 Å². The van der Waals surface area contributed by atoms with Crippen LogP contribution in [0.4, 0.5) is 9.18 Å². The molecule has 0 aliphatic carbocycles. The first kappa shape index (κ1) is 25.6. The number of halogens is 3. The second kappa shape index (κ2) is 10.1. The first-order chi connectivity index (χ1) is 15.4. The molecule has 33 heavy (non-hydrogen) atoms. The van der Waals surface area contributed by atoms with E-state index in [2.05, 4.69) is 5.32 Å². The van der Waals surface area contributed by atoms with Crippen molar-refractivity contribution in [3.8, 4) is 5.75 Å². The lowest BCUT2D eigenvalue weighted by atomic mass is 9.90. The van der Waals surface area contributed by atoms with Crippen LogP contribution in [0.1, 0.15) is 51.0 Å². The van der Waals surface area contributed by atoms with Gasteiger partial charge in [0, 0.05) is 17.0 Å². The molecule has 1 heterocycles. The van der Waals surface area contributed by atoms with Gasteiger partial charge in [-0.3, -0.25) is 0 Å². The summed E-state index contributed by atoms with van der Waals surface area (Å²) in [5, 5.41) is 14.2. The molecule has 2 aromatic carbocycles. The maximum absolute atomic E-state index is 15.0. The maximum Gasteiger partial charge on any atom is 0.408 e. The van der Waals surface area contributed by atoms with Crippen LogP contribution in [-0.2, 0) is 9.47 Å². The second-order valence-corrected chi connectivity index (χ2v) is 10.3. The summed E-state index contributed by atoms with van der Waals surface area (Å²) in [5.41, 5.74) is -0.442. The van der Waals surface area contributed by atoms with Gasteiger partial charge in [0.15, 0.2) is 0 Å². The Kier molecular flexibility index (Phi) is 7.79. The summed E-state index contributed by atoms with van der Waals surface area (Å²) in [5.74, 6) is -0.339. The van der Waals surface area contributed by atoms with Crippen molar-refractivity contribution in [2.45, 2.75) is 45.4 Å². The number of aliphatic hydroxyl groups is 1. The number of aliphatic hydroxyl groups excluding tert-OH is 1. The van der Waals surface area contributed by atoms with Crippen LogP contribution >= 0.6 is 23.2 Å². The van der Waals surface area contributed by atoms with Crippen molar-refractivity contribution in [3.63, 3.8) is 0 Å². The van der Waals surface area contributed by atoms with E-state index in [1.54, 1.807) is 32.9 Å². The van der Waals surface area contributed by atoms with Gasteiger partial charge < -0.3 is 24.6 Å². The van der Waals surface area contributed by atoms with E-state index in [-0.39, 0.29) is 16.0 Å². The zero-order valence-corrected chi connectivity index (χ0v) is 20.5. The minimum absolute atomic E-state index is 0.0207. The lowest BCUT2D eigenvalue weighted by Gasteiger charge is -2.37. The SMILES string of the molecule is CC1(COc2ccc(C(O)C(NC(=O)OC(C)(C)C)c3ccc(Cl)c(Cl)c3)c(F)c2)COC1. The van der Waals surface area contributed by atoms with Crippen LogP contribution < -0.4 is 10.1 Å². The van der Waals surface area contributed by atoms with Crippen molar-refractivity contribution in [1.82, 2.24) is 5.32 Å². The van der Waals surface area contributed by atoms with Crippen molar-refractivity contribution in [1.29, 1.82) is 0 Å². The molecule has 0 saturated carbocycles. The Labute approximate surface area is 202 Å². The van der Waals surface area contributed by atoms with Gasteiger partial charge in [0.05, 0.1) is 35.9 Å².